The van der Waals surface area contributed by atoms with Crippen molar-refractivity contribution < 1.29 is 4.74 Å². The Morgan fingerprint density at radius 2 is 2.29 bits per heavy atom. The fourth-order valence-corrected chi connectivity index (χ4v) is 2.36. The number of aromatic nitrogens is 2. The van der Waals surface area contributed by atoms with Gasteiger partial charge in [0.2, 0.25) is 0 Å². The van der Waals surface area contributed by atoms with Gasteiger partial charge in [-0.25, -0.2) is 0 Å². The predicted molar refractivity (Wildman–Crippen MR) is 67.7 cm³/mol. The smallest absolute Gasteiger partial charge is 0.126 e. The second-order valence-corrected chi connectivity index (χ2v) is 4.84. The summed E-state index contributed by atoms with van der Waals surface area (Å²) in [6, 6.07) is 0. The van der Waals surface area contributed by atoms with Gasteiger partial charge in [-0.2, -0.15) is 5.10 Å². The molecular weight excluding hydrogens is 216 g/mol. The van der Waals surface area contributed by atoms with Crippen molar-refractivity contribution in [3.63, 3.8) is 0 Å². The lowest BCUT2D eigenvalue weighted by molar-refractivity contribution is 0.0668. The van der Waals surface area contributed by atoms with Crippen molar-refractivity contribution in [2.24, 2.45) is 7.05 Å². The zero-order valence-corrected chi connectivity index (χ0v) is 10.9. The van der Waals surface area contributed by atoms with Crippen LogP contribution >= 0.6 is 0 Å². The zero-order valence-electron chi connectivity index (χ0n) is 10.9. The number of nitrogen functional groups attached to an aromatic ring is 1. The molecule has 1 saturated heterocycles. The van der Waals surface area contributed by atoms with Crippen molar-refractivity contribution in [3.05, 3.63) is 11.3 Å². The Bertz CT molecular complexity index is 388. The van der Waals surface area contributed by atoms with Gasteiger partial charge >= 0.3 is 0 Å². The second kappa shape index (κ2) is 5.06. The van der Waals surface area contributed by atoms with E-state index in [0.29, 0.717) is 6.10 Å². The second-order valence-electron chi connectivity index (χ2n) is 4.84. The van der Waals surface area contributed by atoms with Crippen molar-refractivity contribution in [2.45, 2.75) is 32.9 Å². The van der Waals surface area contributed by atoms with Crippen LogP contribution in [0.25, 0.3) is 0 Å². The quantitative estimate of drug-likeness (QED) is 0.832. The molecule has 1 aliphatic heterocycles. The average molecular weight is 238 g/mol. The molecule has 1 aromatic heterocycles. The molecule has 1 aromatic rings. The molecule has 1 atom stereocenters. The Balaban J connectivity index is 2.08. The molecule has 2 rings (SSSR count). The molecule has 17 heavy (non-hydrogen) atoms. The molecule has 2 heterocycles. The van der Waals surface area contributed by atoms with Crippen LogP contribution in [0.5, 0.6) is 0 Å². The minimum absolute atomic E-state index is 0.302. The molecule has 5 nitrogen and oxygen atoms in total. The summed E-state index contributed by atoms with van der Waals surface area (Å²) < 4.78 is 7.40. The van der Waals surface area contributed by atoms with Gasteiger partial charge in [0.25, 0.3) is 0 Å². The van der Waals surface area contributed by atoms with Gasteiger partial charge in [0, 0.05) is 38.9 Å². The van der Waals surface area contributed by atoms with E-state index in [1.807, 2.05) is 14.0 Å². The van der Waals surface area contributed by atoms with Crippen molar-refractivity contribution in [1.82, 2.24) is 14.7 Å². The highest BCUT2D eigenvalue weighted by Gasteiger charge is 2.18. The molecule has 1 unspecified atom stereocenters. The van der Waals surface area contributed by atoms with E-state index in [9.17, 15) is 0 Å². The number of rotatable bonds is 2. The summed E-state index contributed by atoms with van der Waals surface area (Å²) >= 11 is 0. The Labute approximate surface area is 103 Å². The third-order valence-corrected chi connectivity index (χ3v) is 3.31. The lowest BCUT2D eigenvalue weighted by Crippen LogP contribution is -2.30. The molecule has 5 heteroatoms. The minimum Gasteiger partial charge on any atom is -0.384 e. The van der Waals surface area contributed by atoms with Gasteiger partial charge < -0.3 is 10.5 Å². The van der Waals surface area contributed by atoms with Crippen LogP contribution in [0.15, 0.2) is 0 Å². The topological polar surface area (TPSA) is 56.3 Å². The highest BCUT2D eigenvalue weighted by molar-refractivity contribution is 5.42. The maximum Gasteiger partial charge on any atom is 0.126 e. The summed E-state index contributed by atoms with van der Waals surface area (Å²) in [7, 11) is 1.89. The van der Waals surface area contributed by atoms with Gasteiger partial charge in [0.15, 0.2) is 0 Å². The molecule has 0 bridgehead atoms. The Morgan fingerprint density at radius 3 is 2.94 bits per heavy atom. The standard InChI is InChI=1S/C12H22N4O/c1-9-7-16(5-4-6-17-9)8-11-10(2)14-15(3)12(11)13/h9H,4-8,13H2,1-3H3. The van der Waals surface area contributed by atoms with Gasteiger partial charge in [0.1, 0.15) is 5.82 Å². The summed E-state index contributed by atoms with van der Waals surface area (Å²) in [5.41, 5.74) is 8.22. The number of ether oxygens (including phenoxy) is 1. The summed E-state index contributed by atoms with van der Waals surface area (Å²) in [5.74, 6) is 0.778. The fourth-order valence-electron chi connectivity index (χ4n) is 2.36. The number of nitrogens with two attached hydrogens (primary N) is 1. The molecule has 0 aromatic carbocycles. The minimum atomic E-state index is 0.302. The van der Waals surface area contributed by atoms with Gasteiger partial charge in [0.05, 0.1) is 11.8 Å². The summed E-state index contributed by atoms with van der Waals surface area (Å²) in [4.78, 5) is 2.40. The van der Waals surface area contributed by atoms with Gasteiger partial charge in [-0.3, -0.25) is 9.58 Å². The zero-order chi connectivity index (χ0) is 12.4. The van der Waals surface area contributed by atoms with E-state index in [4.69, 9.17) is 10.5 Å². The Kier molecular flexibility index (Phi) is 3.69. The Morgan fingerprint density at radius 1 is 1.53 bits per heavy atom. The lowest BCUT2D eigenvalue weighted by Gasteiger charge is -2.21. The van der Waals surface area contributed by atoms with Crippen LogP contribution in [0.1, 0.15) is 24.6 Å². The first kappa shape index (κ1) is 12.4. The number of anilines is 1. The van der Waals surface area contributed by atoms with Crippen molar-refractivity contribution in [1.29, 1.82) is 0 Å². The molecule has 0 spiro atoms. The van der Waals surface area contributed by atoms with E-state index >= 15 is 0 Å². The van der Waals surface area contributed by atoms with E-state index in [2.05, 4.69) is 16.9 Å². The van der Waals surface area contributed by atoms with Gasteiger partial charge in [-0.05, 0) is 20.3 Å². The van der Waals surface area contributed by atoms with Crippen molar-refractivity contribution in [2.75, 3.05) is 25.4 Å². The first-order valence-corrected chi connectivity index (χ1v) is 6.20. The SMILES string of the molecule is Cc1nn(C)c(N)c1CN1CCCOC(C)C1. The van der Waals surface area contributed by atoms with Crippen LogP contribution in [-0.4, -0.2) is 40.5 Å². The van der Waals surface area contributed by atoms with E-state index in [1.54, 1.807) is 4.68 Å². The van der Waals surface area contributed by atoms with E-state index < -0.39 is 0 Å². The molecular formula is C12H22N4O. The molecule has 0 aliphatic carbocycles. The summed E-state index contributed by atoms with van der Waals surface area (Å²) in [6.45, 7) is 7.91. The normalized spacial score (nSPS) is 22.6. The molecule has 1 fully saturated rings. The molecule has 0 radical (unpaired) electrons. The summed E-state index contributed by atoms with van der Waals surface area (Å²) in [6.07, 6.45) is 1.39. The average Bonchev–Trinajstić information content (AvgIpc) is 2.46. The number of hydrogen-bond donors (Lipinski definition) is 1. The first-order valence-electron chi connectivity index (χ1n) is 6.20. The first-order chi connectivity index (χ1) is 8.08. The van der Waals surface area contributed by atoms with E-state index in [1.165, 1.54) is 0 Å². The monoisotopic (exact) mass is 238 g/mol. The van der Waals surface area contributed by atoms with Gasteiger partial charge in [-0.15, -0.1) is 0 Å². The summed E-state index contributed by atoms with van der Waals surface area (Å²) in [5, 5.41) is 4.35. The van der Waals surface area contributed by atoms with Crippen LogP contribution < -0.4 is 5.73 Å². The van der Waals surface area contributed by atoms with Crippen molar-refractivity contribution >= 4 is 5.82 Å². The molecule has 1 aliphatic rings. The number of aryl methyl sites for hydroxylation is 2. The van der Waals surface area contributed by atoms with E-state index in [-0.39, 0.29) is 0 Å². The van der Waals surface area contributed by atoms with Gasteiger partial charge in [-0.1, -0.05) is 0 Å². The maximum atomic E-state index is 6.04. The third kappa shape index (κ3) is 2.79. The predicted octanol–water partition coefficient (Wildman–Crippen LogP) is 0.922. The molecule has 96 valence electrons. The Hall–Kier alpha value is -1.07. The molecule has 0 amide bonds. The van der Waals surface area contributed by atoms with Crippen LogP contribution in [0, 0.1) is 6.92 Å². The highest BCUT2D eigenvalue weighted by atomic mass is 16.5. The molecule has 0 saturated carbocycles. The largest absolute Gasteiger partial charge is 0.384 e. The van der Waals surface area contributed by atoms with Crippen LogP contribution in [0.2, 0.25) is 0 Å². The van der Waals surface area contributed by atoms with Crippen molar-refractivity contribution in [3.8, 4) is 0 Å². The lowest BCUT2D eigenvalue weighted by atomic mass is 10.2. The maximum absolute atomic E-state index is 6.04. The number of hydrogen-bond acceptors (Lipinski definition) is 4. The van der Waals surface area contributed by atoms with E-state index in [0.717, 1.165) is 49.7 Å². The molecule has 2 N–H and O–H groups in total. The van der Waals surface area contributed by atoms with Crippen LogP contribution in [0.4, 0.5) is 5.82 Å². The highest BCUT2D eigenvalue weighted by Crippen LogP contribution is 2.19. The fraction of sp³-hybridized carbons (Fsp3) is 0.750. The van der Waals surface area contributed by atoms with Crippen LogP contribution in [0.3, 0.4) is 0 Å². The third-order valence-electron chi connectivity index (χ3n) is 3.31. The number of nitrogens with zero attached hydrogens (tertiary/aromatic N) is 3. The van der Waals surface area contributed by atoms with Crippen LogP contribution in [-0.2, 0) is 18.3 Å².